The van der Waals surface area contributed by atoms with E-state index in [1.54, 1.807) is 0 Å². The van der Waals surface area contributed by atoms with E-state index >= 15 is 0 Å². The maximum absolute atomic E-state index is 3.79. The van der Waals surface area contributed by atoms with E-state index in [0.717, 1.165) is 6.42 Å². The van der Waals surface area contributed by atoms with Gasteiger partial charge in [0.15, 0.2) is 0 Å². The average Bonchev–Trinajstić information content (AvgIpc) is 2.47. The van der Waals surface area contributed by atoms with Gasteiger partial charge in [0, 0.05) is 16.6 Å². The summed E-state index contributed by atoms with van der Waals surface area (Å²) in [5.41, 5.74) is 2.67. The smallest absolute Gasteiger partial charge is 0.0328 e. The minimum atomic E-state index is 0.310. The Morgan fingerprint density at radius 2 is 1.52 bits per heavy atom. The molecule has 0 amide bonds. The molecule has 2 aromatic rings. The molecule has 0 saturated heterocycles. The molecule has 2 heteroatoms. The highest BCUT2D eigenvalue weighted by molar-refractivity contribution is 9.10. The Balaban J connectivity index is 2.17. The van der Waals surface area contributed by atoms with Crippen molar-refractivity contribution < 1.29 is 0 Å². The van der Waals surface area contributed by atoms with Gasteiger partial charge in [-0.3, -0.25) is 0 Å². The van der Waals surface area contributed by atoms with Crippen LogP contribution in [0.2, 0.25) is 0 Å². The zero-order chi connectivity index (χ0) is 15.2. The molecular weight excluding hydrogens is 322 g/mol. The van der Waals surface area contributed by atoms with E-state index in [0.29, 0.717) is 18.0 Å². The second-order valence-corrected chi connectivity index (χ2v) is 6.86. The van der Waals surface area contributed by atoms with Crippen LogP contribution in [0.25, 0.3) is 0 Å². The van der Waals surface area contributed by atoms with Crippen LogP contribution in [0.15, 0.2) is 59.1 Å². The fraction of sp³-hybridized carbons (Fsp3) is 0.368. The summed E-state index contributed by atoms with van der Waals surface area (Å²) in [7, 11) is 0. The fourth-order valence-corrected chi connectivity index (χ4v) is 3.30. The fourth-order valence-electron chi connectivity index (χ4n) is 2.67. The Morgan fingerprint density at radius 3 is 2.14 bits per heavy atom. The number of hydrogen-bond acceptors (Lipinski definition) is 1. The normalized spacial score (nSPS) is 14.1. The largest absolute Gasteiger partial charge is 0.303 e. The van der Waals surface area contributed by atoms with Crippen molar-refractivity contribution in [3.05, 3.63) is 70.2 Å². The lowest BCUT2D eigenvalue weighted by Gasteiger charge is -2.26. The summed E-state index contributed by atoms with van der Waals surface area (Å²) < 4.78 is 1.17. The van der Waals surface area contributed by atoms with E-state index in [1.807, 2.05) is 0 Å². The van der Waals surface area contributed by atoms with Gasteiger partial charge in [-0.1, -0.05) is 78.3 Å². The first-order chi connectivity index (χ1) is 10.1. The van der Waals surface area contributed by atoms with Gasteiger partial charge in [-0.25, -0.2) is 0 Å². The van der Waals surface area contributed by atoms with Crippen molar-refractivity contribution in [1.29, 1.82) is 0 Å². The molecule has 0 spiro atoms. The summed E-state index contributed by atoms with van der Waals surface area (Å²) in [4.78, 5) is 0. The van der Waals surface area contributed by atoms with Crippen LogP contribution in [0.5, 0.6) is 0 Å². The lowest BCUT2D eigenvalue weighted by molar-refractivity contribution is 0.394. The second kappa shape index (κ2) is 7.77. The van der Waals surface area contributed by atoms with E-state index in [4.69, 9.17) is 0 Å². The van der Waals surface area contributed by atoms with Gasteiger partial charge in [-0.05, 0) is 36.5 Å². The van der Waals surface area contributed by atoms with E-state index < -0.39 is 0 Å². The van der Waals surface area contributed by atoms with E-state index in [-0.39, 0.29) is 0 Å². The zero-order valence-electron chi connectivity index (χ0n) is 13.0. The summed E-state index contributed by atoms with van der Waals surface area (Å²) in [5.74, 6) is 0.661. The number of halogens is 1. The third-order valence-corrected chi connectivity index (χ3v) is 4.45. The molecule has 0 radical (unpaired) electrons. The van der Waals surface area contributed by atoms with Gasteiger partial charge in [0.25, 0.3) is 0 Å². The van der Waals surface area contributed by atoms with Crippen molar-refractivity contribution in [1.82, 2.24) is 5.32 Å². The van der Waals surface area contributed by atoms with Crippen molar-refractivity contribution in [2.75, 3.05) is 0 Å². The van der Waals surface area contributed by atoms with Gasteiger partial charge in [0.1, 0.15) is 0 Å². The Hall–Kier alpha value is -1.12. The summed E-state index contributed by atoms with van der Waals surface area (Å²) in [6, 6.07) is 19.9. The van der Waals surface area contributed by atoms with E-state index in [9.17, 15) is 0 Å². The van der Waals surface area contributed by atoms with Crippen LogP contribution in [0.1, 0.15) is 50.4 Å². The highest BCUT2D eigenvalue weighted by Crippen LogP contribution is 2.28. The Bertz CT molecular complexity index is 551. The van der Waals surface area contributed by atoms with Gasteiger partial charge >= 0.3 is 0 Å². The quantitative estimate of drug-likeness (QED) is 0.688. The SMILES string of the molecule is CC(C)CC(N[C@@H](C)c1ccccc1Br)c1ccccc1. The predicted molar refractivity (Wildman–Crippen MR) is 94.3 cm³/mol. The standard InChI is InChI=1S/C19H24BrN/c1-14(2)13-19(16-9-5-4-6-10-16)21-15(3)17-11-7-8-12-18(17)20/h4-12,14-15,19,21H,13H2,1-3H3/t15-,19?/m0/s1. The van der Waals surface area contributed by atoms with Crippen molar-refractivity contribution >= 4 is 15.9 Å². The van der Waals surface area contributed by atoms with Crippen molar-refractivity contribution in [2.45, 2.75) is 39.3 Å². The van der Waals surface area contributed by atoms with Crippen LogP contribution in [-0.2, 0) is 0 Å². The van der Waals surface area contributed by atoms with Crippen LogP contribution in [0.3, 0.4) is 0 Å². The molecule has 0 aliphatic carbocycles. The number of benzene rings is 2. The number of nitrogens with one attached hydrogen (secondary N) is 1. The average molecular weight is 346 g/mol. The van der Waals surface area contributed by atoms with Crippen molar-refractivity contribution in [3.8, 4) is 0 Å². The van der Waals surface area contributed by atoms with E-state index in [2.05, 4.69) is 96.6 Å². The Labute approximate surface area is 136 Å². The molecule has 112 valence electrons. The molecular formula is C19H24BrN. The maximum atomic E-state index is 3.79. The van der Waals surface area contributed by atoms with Gasteiger partial charge in [0.2, 0.25) is 0 Å². The van der Waals surface area contributed by atoms with Gasteiger partial charge in [0.05, 0.1) is 0 Å². The highest BCUT2D eigenvalue weighted by Gasteiger charge is 2.17. The molecule has 2 atom stereocenters. The van der Waals surface area contributed by atoms with Crippen molar-refractivity contribution in [2.24, 2.45) is 5.92 Å². The van der Waals surface area contributed by atoms with Crippen LogP contribution in [-0.4, -0.2) is 0 Å². The molecule has 0 saturated carbocycles. The topological polar surface area (TPSA) is 12.0 Å². The minimum Gasteiger partial charge on any atom is -0.303 e. The zero-order valence-corrected chi connectivity index (χ0v) is 14.6. The molecule has 0 aromatic heterocycles. The lowest BCUT2D eigenvalue weighted by atomic mass is 9.95. The first-order valence-electron chi connectivity index (χ1n) is 7.63. The Morgan fingerprint density at radius 1 is 0.905 bits per heavy atom. The van der Waals surface area contributed by atoms with Gasteiger partial charge < -0.3 is 5.32 Å². The first kappa shape index (κ1) is 16.3. The van der Waals surface area contributed by atoms with Crippen LogP contribution < -0.4 is 5.32 Å². The monoisotopic (exact) mass is 345 g/mol. The molecule has 21 heavy (non-hydrogen) atoms. The lowest BCUT2D eigenvalue weighted by Crippen LogP contribution is -2.26. The molecule has 0 heterocycles. The predicted octanol–water partition coefficient (Wildman–Crippen LogP) is 5.89. The number of hydrogen-bond donors (Lipinski definition) is 1. The summed E-state index contributed by atoms with van der Waals surface area (Å²) in [6.45, 7) is 6.79. The van der Waals surface area contributed by atoms with Gasteiger partial charge in [-0.2, -0.15) is 0 Å². The third-order valence-electron chi connectivity index (χ3n) is 3.73. The summed E-state index contributed by atoms with van der Waals surface area (Å²) in [6.07, 6.45) is 1.14. The molecule has 1 N–H and O–H groups in total. The molecule has 0 aliphatic rings. The molecule has 1 unspecified atom stereocenters. The van der Waals surface area contributed by atoms with Crippen LogP contribution >= 0.6 is 15.9 Å². The maximum Gasteiger partial charge on any atom is 0.0328 e. The summed E-state index contributed by atoms with van der Waals surface area (Å²) in [5, 5.41) is 3.79. The van der Waals surface area contributed by atoms with Gasteiger partial charge in [-0.15, -0.1) is 0 Å². The van der Waals surface area contributed by atoms with Crippen molar-refractivity contribution in [3.63, 3.8) is 0 Å². The molecule has 2 aromatic carbocycles. The molecule has 2 rings (SSSR count). The first-order valence-corrected chi connectivity index (χ1v) is 8.42. The van der Waals surface area contributed by atoms with E-state index in [1.165, 1.54) is 15.6 Å². The number of rotatable bonds is 6. The molecule has 0 aliphatic heterocycles. The summed E-state index contributed by atoms with van der Waals surface area (Å²) >= 11 is 3.65. The highest BCUT2D eigenvalue weighted by atomic mass is 79.9. The molecule has 0 bridgehead atoms. The minimum absolute atomic E-state index is 0.310. The molecule has 0 fully saturated rings. The molecule has 1 nitrogen and oxygen atoms in total. The second-order valence-electron chi connectivity index (χ2n) is 6.00. The Kier molecular flexibility index (Phi) is 6.01. The van der Waals surface area contributed by atoms with Crippen LogP contribution in [0, 0.1) is 5.92 Å². The third kappa shape index (κ3) is 4.69. The van der Waals surface area contributed by atoms with Crippen LogP contribution in [0.4, 0.5) is 0 Å².